The molecule has 2 aliphatic rings. The van der Waals surface area contributed by atoms with Crippen molar-refractivity contribution in [3.05, 3.63) is 30.4 Å². The highest BCUT2D eigenvalue weighted by Gasteiger charge is 2.30. The van der Waals surface area contributed by atoms with E-state index in [-0.39, 0.29) is 12.0 Å². The van der Waals surface area contributed by atoms with E-state index in [9.17, 15) is 4.79 Å². The largest absolute Gasteiger partial charge is 0.368 e. The predicted octanol–water partition coefficient (Wildman–Crippen LogP) is 2.83. The molecule has 7 heteroatoms. The Balaban J connectivity index is 1.24. The summed E-state index contributed by atoms with van der Waals surface area (Å²) < 4.78 is 11.2. The van der Waals surface area contributed by atoms with Crippen LogP contribution in [0.15, 0.2) is 29.0 Å². The van der Waals surface area contributed by atoms with Gasteiger partial charge in [-0.15, -0.1) is 0 Å². The molecule has 1 aliphatic heterocycles. The van der Waals surface area contributed by atoms with Gasteiger partial charge in [0.25, 0.3) is 5.89 Å². The lowest BCUT2D eigenvalue weighted by molar-refractivity contribution is -0.138. The van der Waals surface area contributed by atoms with E-state index < -0.39 is 0 Å². The van der Waals surface area contributed by atoms with Gasteiger partial charge in [-0.1, -0.05) is 18.0 Å². The molecule has 1 amide bonds. The standard InChI is InChI=1S/C19H24N4O3/c24-19(15-3-1-2-4-15)23-11-7-16(8-12-23)25-13-17-21-18(22-26-17)14-5-9-20-10-6-14/h5-6,9-10,15-16H,1-4,7-8,11-13H2. The maximum atomic E-state index is 12.5. The van der Waals surface area contributed by atoms with E-state index in [0.29, 0.717) is 24.2 Å². The van der Waals surface area contributed by atoms with Crippen LogP contribution in [-0.4, -0.2) is 45.1 Å². The molecule has 2 aromatic rings. The molecule has 2 fully saturated rings. The predicted molar refractivity (Wildman–Crippen MR) is 93.9 cm³/mol. The fourth-order valence-electron chi connectivity index (χ4n) is 3.79. The Labute approximate surface area is 152 Å². The van der Waals surface area contributed by atoms with E-state index in [1.165, 1.54) is 12.8 Å². The van der Waals surface area contributed by atoms with Crippen LogP contribution in [-0.2, 0) is 16.1 Å². The van der Waals surface area contributed by atoms with E-state index >= 15 is 0 Å². The summed E-state index contributed by atoms with van der Waals surface area (Å²) >= 11 is 0. The molecule has 0 aromatic carbocycles. The van der Waals surface area contributed by atoms with Crippen molar-refractivity contribution >= 4 is 5.91 Å². The van der Waals surface area contributed by atoms with Gasteiger partial charge in [0, 0.05) is 37.0 Å². The molecule has 0 spiro atoms. The van der Waals surface area contributed by atoms with Crippen LogP contribution in [0.1, 0.15) is 44.4 Å². The maximum absolute atomic E-state index is 12.5. The van der Waals surface area contributed by atoms with Crippen LogP contribution in [0, 0.1) is 5.92 Å². The van der Waals surface area contributed by atoms with Crippen molar-refractivity contribution in [3.8, 4) is 11.4 Å². The minimum Gasteiger partial charge on any atom is -0.368 e. The molecule has 0 unspecified atom stereocenters. The number of ether oxygens (including phenoxy) is 1. The van der Waals surface area contributed by atoms with Gasteiger partial charge in [-0.2, -0.15) is 4.98 Å². The average molecular weight is 356 g/mol. The van der Waals surface area contributed by atoms with Gasteiger partial charge in [-0.25, -0.2) is 0 Å². The third-order valence-corrected chi connectivity index (χ3v) is 5.31. The van der Waals surface area contributed by atoms with E-state index in [1.54, 1.807) is 12.4 Å². The molecule has 1 aliphatic carbocycles. The molecule has 1 saturated carbocycles. The lowest BCUT2D eigenvalue weighted by atomic mass is 10.0. The number of hydrogen-bond acceptors (Lipinski definition) is 6. The van der Waals surface area contributed by atoms with Gasteiger partial charge < -0.3 is 14.2 Å². The van der Waals surface area contributed by atoms with E-state index in [0.717, 1.165) is 44.3 Å². The summed E-state index contributed by atoms with van der Waals surface area (Å²) in [7, 11) is 0. The summed E-state index contributed by atoms with van der Waals surface area (Å²) in [5.74, 6) is 1.63. The smallest absolute Gasteiger partial charge is 0.252 e. The molecule has 26 heavy (non-hydrogen) atoms. The molecule has 7 nitrogen and oxygen atoms in total. The second kappa shape index (κ2) is 7.95. The SMILES string of the molecule is O=C(C1CCCC1)N1CCC(OCc2nc(-c3ccncc3)no2)CC1. The molecule has 0 N–H and O–H groups in total. The number of rotatable bonds is 5. The highest BCUT2D eigenvalue weighted by atomic mass is 16.5. The lowest BCUT2D eigenvalue weighted by Crippen LogP contribution is -2.43. The monoisotopic (exact) mass is 356 g/mol. The lowest BCUT2D eigenvalue weighted by Gasteiger charge is -2.33. The number of likely N-dealkylation sites (tertiary alicyclic amines) is 1. The average Bonchev–Trinajstić information content (AvgIpc) is 3.39. The number of carbonyl (C=O) groups excluding carboxylic acids is 1. The summed E-state index contributed by atoms with van der Waals surface area (Å²) in [5.41, 5.74) is 0.869. The number of amides is 1. The Hall–Kier alpha value is -2.28. The van der Waals surface area contributed by atoms with Crippen LogP contribution >= 0.6 is 0 Å². The van der Waals surface area contributed by atoms with Gasteiger partial charge >= 0.3 is 0 Å². The molecule has 0 atom stereocenters. The molecule has 2 aromatic heterocycles. The summed E-state index contributed by atoms with van der Waals surface area (Å²) in [6, 6.07) is 3.68. The Kier molecular flexibility index (Phi) is 5.24. The van der Waals surface area contributed by atoms with Crippen molar-refractivity contribution in [3.63, 3.8) is 0 Å². The van der Waals surface area contributed by atoms with Gasteiger partial charge in [0.1, 0.15) is 6.61 Å². The van der Waals surface area contributed by atoms with Crippen molar-refractivity contribution < 1.29 is 14.1 Å². The molecule has 4 rings (SSSR count). The molecular formula is C19H24N4O3. The van der Waals surface area contributed by atoms with Crippen molar-refractivity contribution in [2.45, 2.75) is 51.2 Å². The number of nitrogens with zero attached hydrogens (tertiary/aromatic N) is 4. The molecule has 3 heterocycles. The Morgan fingerprint density at radius 1 is 1.15 bits per heavy atom. The molecular weight excluding hydrogens is 332 g/mol. The third kappa shape index (κ3) is 3.93. The van der Waals surface area contributed by atoms with Gasteiger partial charge in [-0.3, -0.25) is 9.78 Å². The second-order valence-electron chi connectivity index (χ2n) is 7.06. The van der Waals surface area contributed by atoms with E-state index in [2.05, 4.69) is 15.1 Å². The number of aromatic nitrogens is 3. The molecule has 0 radical (unpaired) electrons. The van der Waals surface area contributed by atoms with Gasteiger partial charge in [-0.05, 0) is 37.8 Å². The first-order chi connectivity index (χ1) is 12.8. The van der Waals surface area contributed by atoms with Crippen LogP contribution in [0.4, 0.5) is 0 Å². The summed E-state index contributed by atoms with van der Waals surface area (Å²) in [6.07, 6.45) is 9.78. The number of hydrogen-bond donors (Lipinski definition) is 0. The zero-order valence-corrected chi connectivity index (χ0v) is 14.8. The number of carbonyl (C=O) groups is 1. The van der Waals surface area contributed by atoms with Crippen molar-refractivity contribution in [1.82, 2.24) is 20.0 Å². The summed E-state index contributed by atoms with van der Waals surface area (Å²) in [4.78, 5) is 22.8. The Morgan fingerprint density at radius 3 is 2.62 bits per heavy atom. The van der Waals surface area contributed by atoms with Crippen molar-refractivity contribution in [1.29, 1.82) is 0 Å². The number of pyridine rings is 1. The first kappa shape index (κ1) is 17.1. The normalized spacial score (nSPS) is 19.2. The fraction of sp³-hybridized carbons (Fsp3) is 0.579. The highest BCUT2D eigenvalue weighted by molar-refractivity contribution is 5.79. The van der Waals surface area contributed by atoms with Gasteiger partial charge in [0.05, 0.1) is 6.10 Å². The van der Waals surface area contributed by atoms with E-state index in [1.807, 2.05) is 17.0 Å². The molecule has 138 valence electrons. The fourth-order valence-corrected chi connectivity index (χ4v) is 3.79. The minimum absolute atomic E-state index is 0.138. The van der Waals surface area contributed by atoms with Crippen LogP contribution in [0.25, 0.3) is 11.4 Å². The van der Waals surface area contributed by atoms with Crippen molar-refractivity contribution in [2.24, 2.45) is 5.92 Å². The Bertz CT molecular complexity index is 719. The van der Waals surface area contributed by atoms with Crippen molar-refractivity contribution in [2.75, 3.05) is 13.1 Å². The summed E-state index contributed by atoms with van der Waals surface area (Å²) in [6.45, 7) is 1.87. The zero-order valence-electron chi connectivity index (χ0n) is 14.8. The van der Waals surface area contributed by atoms with E-state index in [4.69, 9.17) is 9.26 Å². The van der Waals surface area contributed by atoms with Crippen LogP contribution in [0.2, 0.25) is 0 Å². The zero-order chi connectivity index (χ0) is 17.8. The second-order valence-corrected chi connectivity index (χ2v) is 7.06. The van der Waals surface area contributed by atoms with Gasteiger partial charge in [0.2, 0.25) is 11.7 Å². The van der Waals surface area contributed by atoms with Crippen LogP contribution in [0.5, 0.6) is 0 Å². The third-order valence-electron chi connectivity index (χ3n) is 5.31. The highest BCUT2D eigenvalue weighted by Crippen LogP contribution is 2.28. The first-order valence-corrected chi connectivity index (χ1v) is 9.43. The molecule has 0 bridgehead atoms. The Morgan fingerprint density at radius 2 is 1.88 bits per heavy atom. The van der Waals surface area contributed by atoms with Crippen LogP contribution in [0.3, 0.4) is 0 Å². The first-order valence-electron chi connectivity index (χ1n) is 9.43. The van der Waals surface area contributed by atoms with Crippen LogP contribution < -0.4 is 0 Å². The summed E-state index contributed by atoms with van der Waals surface area (Å²) in [5, 5.41) is 3.98. The quantitative estimate of drug-likeness (QED) is 0.819. The van der Waals surface area contributed by atoms with Gasteiger partial charge in [0.15, 0.2) is 0 Å². The number of piperidine rings is 1. The minimum atomic E-state index is 0.138. The topological polar surface area (TPSA) is 81.4 Å². The molecule has 1 saturated heterocycles. The maximum Gasteiger partial charge on any atom is 0.252 e.